The zero-order valence-electron chi connectivity index (χ0n) is 20.7. The van der Waals surface area contributed by atoms with E-state index in [4.69, 9.17) is 11.6 Å². The molecule has 0 aromatic heterocycles. The molecule has 8 heteroatoms. The minimum Gasteiger partial charge on any atom is -0.317 e. The number of hydrogen-bond donors (Lipinski definition) is 2. The van der Waals surface area contributed by atoms with Crippen molar-refractivity contribution < 1.29 is 19.0 Å². The summed E-state index contributed by atoms with van der Waals surface area (Å²) < 4.78 is 1.47. The Balaban J connectivity index is 1.52. The number of benzene rings is 3. The lowest BCUT2D eigenvalue weighted by Crippen LogP contribution is -2.44. The Morgan fingerprint density at radius 1 is 0.921 bits per heavy atom. The van der Waals surface area contributed by atoms with Gasteiger partial charge in [-0.3, -0.25) is 20.0 Å². The predicted molar refractivity (Wildman–Crippen MR) is 148 cm³/mol. The fraction of sp³-hybridized carbons (Fsp3) is 0.0667. The number of hydrazine groups is 1. The summed E-state index contributed by atoms with van der Waals surface area (Å²) >= 11 is 6.43. The van der Waals surface area contributed by atoms with Crippen molar-refractivity contribution in [2.75, 3.05) is 7.05 Å². The van der Waals surface area contributed by atoms with Crippen molar-refractivity contribution >= 4 is 47.3 Å². The molecule has 0 saturated carbocycles. The summed E-state index contributed by atoms with van der Waals surface area (Å²) in [5.41, 5.74) is 5.19. The first-order chi connectivity index (χ1) is 18.4. The van der Waals surface area contributed by atoms with E-state index in [0.717, 1.165) is 5.56 Å². The Hall–Kier alpha value is -4.75. The molecule has 0 radical (unpaired) electrons. The van der Waals surface area contributed by atoms with Crippen molar-refractivity contribution in [2.45, 2.75) is 6.42 Å². The second-order valence-corrected chi connectivity index (χ2v) is 8.71. The zero-order chi connectivity index (χ0) is 26.9. The molecule has 3 amide bonds. The standard InChI is InChI=1S/C30H25ClN4O3/c1-34(26-20-21-35(30(38)27(26)31)24-17-9-4-10-18-24)33-29(37)25(19-11-14-22-12-5-2-6-13-22)32-28(36)23-15-7-3-8-16-23/h2-19,21H,20H2,1H3,(H-,32,33,36,37)/p+1/b14-11-,25-19-. The van der Waals surface area contributed by atoms with Crippen LogP contribution in [0.5, 0.6) is 0 Å². The minimum absolute atomic E-state index is 0.0121. The Bertz CT molecular complexity index is 1450. The second-order valence-electron chi connectivity index (χ2n) is 8.33. The van der Waals surface area contributed by atoms with Crippen LogP contribution in [-0.4, -0.2) is 40.6 Å². The molecule has 3 aromatic rings. The molecule has 3 aromatic carbocycles. The molecular formula is C30H26ClN4O3+. The Morgan fingerprint density at radius 2 is 1.53 bits per heavy atom. The van der Waals surface area contributed by atoms with Crippen LogP contribution in [0.25, 0.3) is 6.08 Å². The average molecular weight is 526 g/mol. The van der Waals surface area contributed by atoms with Crippen LogP contribution in [0.15, 0.2) is 120 Å². The SMILES string of the molecule is CN(NC(=O)/C(=C/C=C\c1ccccc1)NC(=O)c1ccccc1)C1=C(Cl)C(=O)[N+](c2ccccc2)=CC1. The van der Waals surface area contributed by atoms with Crippen molar-refractivity contribution in [3.05, 3.63) is 131 Å². The molecular weight excluding hydrogens is 500 g/mol. The molecule has 2 N–H and O–H groups in total. The maximum atomic E-state index is 13.2. The third kappa shape index (κ3) is 6.52. The third-order valence-electron chi connectivity index (χ3n) is 5.72. The number of allylic oxidation sites excluding steroid dienone is 3. The monoisotopic (exact) mass is 525 g/mol. The van der Waals surface area contributed by atoms with E-state index in [1.807, 2.05) is 66.7 Å². The van der Waals surface area contributed by atoms with Crippen molar-refractivity contribution in [1.29, 1.82) is 0 Å². The Kier molecular flexibility index (Phi) is 8.64. The van der Waals surface area contributed by atoms with Crippen molar-refractivity contribution in [3.63, 3.8) is 0 Å². The quantitative estimate of drug-likeness (QED) is 0.192. The average Bonchev–Trinajstić information content (AvgIpc) is 2.95. The topological polar surface area (TPSA) is 81.5 Å². The normalized spacial score (nSPS) is 13.8. The van der Waals surface area contributed by atoms with Gasteiger partial charge in [0.15, 0.2) is 11.2 Å². The highest BCUT2D eigenvalue weighted by atomic mass is 35.5. The number of amides is 3. The number of halogens is 1. The first-order valence-corrected chi connectivity index (χ1v) is 12.3. The fourth-order valence-corrected chi connectivity index (χ4v) is 4.03. The van der Waals surface area contributed by atoms with Crippen LogP contribution in [0.4, 0.5) is 5.69 Å². The third-order valence-corrected chi connectivity index (χ3v) is 6.10. The van der Waals surface area contributed by atoms with Crippen LogP contribution in [0.2, 0.25) is 0 Å². The number of para-hydroxylation sites is 1. The molecule has 0 spiro atoms. The number of nitrogens with zero attached hydrogens (tertiary/aromatic N) is 2. The summed E-state index contributed by atoms with van der Waals surface area (Å²) in [4.78, 5) is 39.0. The molecule has 4 rings (SSSR count). The minimum atomic E-state index is -0.579. The molecule has 190 valence electrons. The van der Waals surface area contributed by atoms with Gasteiger partial charge in [-0.25, -0.2) is 4.79 Å². The fourth-order valence-electron chi connectivity index (χ4n) is 3.73. The largest absolute Gasteiger partial charge is 0.438 e. The first-order valence-electron chi connectivity index (χ1n) is 11.9. The smallest absolute Gasteiger partial charge is 0.317 e. The molecule has 0 unspecified atom stereocenters. The number of carbonyl (C=O) groups is 3. The summed E-state index contributed by atoms with van der Waals surface area (Å²) in [6, 6.07) is 27.3. The highest BCUT2D eigenvalue weighted by Gasteiger charge is 2.33. The van der Waals surface area contributed by atoms with Gasteiger partial charge in [-0.15, -0.1) is 4.58 Å². The highest BCUT2D eigenvalue weighted by molar-refractivity contribution is 6.42. The lowest BCUT2D eigenvalue weighted by Gasteiger charge is -2.24. The van der Waals surface area contributed by atoms with Gasteiger partial charge in [0.2, 0.25) is 5.69 Å². The first kappa shape index (κ1) is 26.3. The summed E-state index contributed by atoms with van der Waals surface area (Å²) in [6.45, 7) is 0. The maximum Gasteiger partial charge on any atom is 0.438 e. The van der Waals surface area contributed by atoms with E-state index < -0.39 is 17.7 Å². The molecule has 0 aliphatic carbocycles. The molecule has 0 fully saturated rings. The van der Waals surface area contributed by atoms with Crippen LogP contribution in [0.3, 0.4) is 0 Å². The van der Waals surface area contributed by atoms with Gasteiger partial charge in [-0.2, -0.15) is 0 Å². The highest BCUT2D eigenvalue weighted by Crippen LogP contribution is 2.24. The van der Waals surface area contributed by atoms with Crippen molar-refractivity contribution in [2.24, 2.45) is 0 Å². The van der Waals surface area contributed by atoms with Gasteiger partial charge < -0.3 is 5.32 Å². The maximum absolute atomic E-state index is 13.2. The predicted octanol–water partition coefficient (Wildman–Crippen LogP) is 4.77. The van der Waals surface area contributed by atoms with Gasteiger partial charge in [0.05, 0.1) is 12.1 Å². The zero-order valence-corrected chi connectivity index (χ0v) is 21.4. The van der Waals surface area contributed by atoms with Crippen LogP contribution < -0.4 is 10.7 Å². The van der Waals surface area contributed by atoms with E-state index in [2.05, 4.69) is 10.7 Å². The van der Waals surface area contributed by atoms with Gasteiger partial charge in [-0.05, 0) is 23.8 Å². The molecule has 1 aliphatic rings. The summed E-state index contributed by atoms with van der Waals surface area (Å²) in [5.74, 6) is -1.41. The second kappa shape index (κ2) is 12.5. The lowest BCUT2D eigenvalue weighted by molar-refractivity contribution is -0.359. The van der Waals surface area contributed by atoms with Gasteiger partial charge in [-0.1, -0.05) is 90.5 Å². The number of carbonyl (C=O) groups excluding carboxylic acids is 3. The van der Waals surface area contributed by atoms with Crippen LogP contribution in [0.1, 0.15) is 22.3 Å². The van der Waals surface area contributed by atoms with Gasteiger partial charge in [0.25, 0.3) is 11.8 Å². The Labute approximate surface area is 226 Å². The summed E-state index contributed by atoms with van der Waals surface area (Å²) in [5, 5.41) is 4.06. The van der Waals surface area contributed by atoms with E-state index in [1.54, 1.807) is 49.7 Å². The van der Waals surface area contributed by atoms with Crippen molar-refractivity contribution in [3.8, 4) is 0 Å². The molecule has 38 heavy (non-hydrogen) atoms. The van der Waals surface area contributed by atoms with Crippen LogP contribution in [0, 0.1) is 0 Å². The van der Waals surface area contributed by atoms with Crippen molar-refractivity contribution in [1.82, 2.24) is 15.8 Å². The van der Waals surface area contributed by atoms with Gasteiger partial charge in [0, 0.05) is 24.7 Å². The van der Waals surface area contributed by atoms with Gasteiger partial charge >= 0.3 is 5.91 Å². The van der Waals surface area contributed by atoms with Crippen LogP contribution >= 0.6 is 11.6 Å². The van der Waals surface area contributed by atoms with E-state index in [0.29, 0.717) is 23.4 Å². The van der Waals surface area contributed by atoms with Gasteiger partial charge in [0.1, 0.15) is 5.70 Å². The van der Waals surface area contributed by atoms with E-state index >= 15 is 0 Å². The van der Waals surface area contributed by atoms with E-state index in [-0.39, 0.29) is 10.7 Å². The van der Waals surface area contributed by atoms with E-state index in [9.17, 15) is 14.4 Å². The molecule has 0 bridgehead atoms. The number of rotatable bonds is 8. The lowest BCUT2D eigenvalue weighted by atomic mass is 10.2. The Morgan fingerprint density at radius 3 is 2.18 bits per heavy atom. The summed E-state index contributed by atoms with van der Waals surface area (Å²) in [7, 11) is 1.59. The molecule has 0 saturated heterocycles. The summed E-state index contributed by atoms with van der Waals surface area (Å²) in [6.07, 6.45) is 7.02. The molecule has 1 heterocycles. The number of hydrogen-bond acceptors (Lipinski definition) is 4. The molecule has 7 nitrogen and oxygen atoms in total. The van der Waals surface area contributed by atoms with Crippen LogP contribution in [-0.2, 0) is 9.59 Å². The number of nitrogens with one attached hydrogen (secondary N) is 2. The molecule has 1 aliphatic heterocycles. The molecule has 0 atom stereocenters. The van der Waals surface area contributed by atoms with E-state index in [1.165, 1.54) is 15.7 Å².